The number of aromatic nitrogens is 1. The standard InChI is InChI=1S/C19H22N2O/c1-22-12-10-20-14-17-7-8-18-9-11-21(19(18)13-17)15-16-5-3-2-4-6-16/h2-9,11,13,20H,10,12,14-15H2,1H3. The first-order valence-electron chi connectivity index (χ1n) is 7.68. The Morgan fingerprint density at radius 3 is 2.68 bits per heavy atom. The summed E-state index contributed by atoms with van der Waals surface area (Å²) < 4.78 is 7.37. The summed E-state index contributed by atoms with van der Waals surface area (Å²) >= 11 is 0. The minimum absolute atomic E-state index is 0.743. The monoisotopic (exact) mass is 294 g/mol. The van der Waals surface area contributed by atoms with E-state index in [1.54, 1.807) is 7.11 Å². The predicted octanol–water partition coefficient (Wildman–Crippen LogP) is 3.43. The van der Waals surface area contributed by atoms with Gasteiger partial charge in [-0.3, -0.25) is 0 Å². The minimum Gasteiger partial charge on any atom is -0.383 e. The maximum absolute atomic E-state index is 5.06. The molecule has 0 spiro atoms. The van der Waals surface area contributed by atoms with Gasteiger partial charge in [0, 0.05) is 38.5 Å². The van der Waals surface area contributed by atoms with Crippen molar-refractivity contribution in [2.75, 3.05) is 20.3 Å². The molecule has 3 heteroatoms. The van der Waals surface area contributed by atoms with E-state index in [1.165, 1.54) is 22.0 Å². The van der Waals surface area contributed by atoms with Gasteiger partial charge in [0.05, 0.1) is 6.61 Å². The van der Waals surface area contributed by atoms with E-state index < -0.39 is 0 Å². The normalized spacial score (nSPS) is 11.1. The Labute approximate surface area is 131 Å². The summed E-state index contributed by atoms with van der Waals surface area (Å²) in [5.74, 6) is 0. The van der Waals surface area contributed by atoms with E-state index in [0.717, 1.165) is 26.2 Å². The van der Waals surface area contributed by atoms with Crippen LogP contribution < -0.4 is 5.32 Å². The van der Waals surface area contributed by atoms with Gasteiger partial charge in [0.25, 0.3) is 0 Å². The van der Waals surface area contributed by atoms with Gasteiger partial charge < -0.3 is 14.6 Å². The van der Waals surface area contributed by atoms with Crippen LogP contribution in [0, 0.1) is 0 Å². The van der Waals surface area contributed by atoms with Gasteiger partial charge in [-0.25, -0.2) is 0 Å². The van der Waals surface area contributed by atoms with Gasteiger partial charge in [0.2, 0.25) is 0 Å². The Morgan fingerprint density at radius 2 is 1.86 bits per heavy atom. The highest BCUT2D eigenvalue weighted by Crippen LogP contribution is 2.19. The summed E-state index contributed by atoms with van der Waals surface area (Å²) in [4.78, 5) is 0. The fourth-order valence-electron chi connectivity index (χ4n) is 2.66. The van der Waals surface area contributed by atoms with Crippen molar-refractivity contribution >= 4 is 10.9 Å². The molecule has 0 bridgehead atoms. The number of hydrogen-bond donors (Lipinski definition) is 1. The number of nitrogens with one attached hydrogen (secondary N) is 1. The maximum atomic E-state index is 5.06. The average Bonchev–Trinajstić information content (AvgIpc) is 2.95. The molecule has 0 atom stereocenters. The highest BCUT2D eigenvalue weighted by molar-refractivity contribution is 5.81. The molecule has 0 unspecified atom stereocenters. The van der Waals surface area contributed by atoms with Gasteiger partial charge in [0.15, 0.2) is 0 Å². The summed E-state index contributed by atoms with van der Waals surface area (Å²) in [5, 5.41) is 4.68. The van der Waals surface area contributed by atoms with Gasteiger partial charge in [-0.15, -0.1) is 0 Å². The second-order valence-electron chi connectivity index (χ2n) is 5.49. The lowest BCUT2D eigenvalue weighted by atomic mass is 10.1. The lowest BCUT2D eigenvalue weighted by Gasteiger charge is -2.08. The molecule has 0 aliphatic heterocycles. The number of rotatable bonds is 7. The molecule has 0 radical (unpaired) electrons. The average molecular weight is 294 g/mol. The predicted molar refractivity (Wildman–Crippen MR) is 91.1 cm³/mol. The maximum Gasteiger partial charge on any atom is 0.0587 e. The first-order valence-corrected chi connectivity index (χ1v) is 7.68. The Bertz CT molecular complexity index is 719. The number of nitrogens with zero attached hydrogens (tertiary/aromatic N) is 1. The third kappa shape index (κ3) is 3.56. The number of fused-ring (bicyclic) bond motifs is 1. The second-order valence-corrected chi connectivity index (χ2v) is 5.49. The number of benzene rings is 2. The van der Waals surface area contributed by atoms with Crippen LogP contribution in [0.15, 0.2) is 60.8 Å². The quantitative estimate of drug-likeness (QED) is 0.676. The third-order valence-corrected chi connectivity index (χ3v) is 3.85. The van der Waals surface area contributed by atoms with Crippen LogP contribution >= 0.6 is 0 Å². The molecule has 0 saturated carbocycles. The lowest BCUT2D eigenvalue weighted by molar-refractivity contribution is 0.199. The van der Waals surface area contributed by atoms with Gasteiger partial charge in [-0.1, -0.05) is 42.5 Å². The summed E-state index contributed by atoms with van der Waals surface area (Å²) in [6.45, 7) is 3.40. The summed E-state index contributed by atoms with van der Waals surface area (Å²) in [7, 11) is 1.73. The SMILES string of the molecule is COCCNCc1ccc2ccn(Cc3ccccc3)c2c1. The van der Waals surface area contributed by atoms with Crippen molar-refractivity contribution in [3.05, 3.63) is 71.9 Å². The van der Waals surface area contributed by atoms with E-state index in [-0.39, 0.29) is 0 Å². The van der Waals surface area contributed by atoms with Crippen LogP contribution in [0.4, 0.5) is 0 Å². The first-order chi connectivity index (χ1) is 10.9. The smallest absolute Gasteiger partial charge is 0.0587 e. The molecule has 3 nitrogen and oxygen atoms in total. The Morgan fingerprint density at radius 1 is 1.00 bits per heavy atom. The van der Waals surface area contributed by atoms with Crippen molar-refractivity contribution in [1.29, 1.82) is 0 Å². The zero-order valence-electron chi connectivity index (χ0n) is 13.0. The Hall–Kier alpha value is -2.10. The third-order valence-electron chi connectivity index (χ3n) is 3.85. The van der Waals surface area contributed by atoms with Crippen molar-refractivity contribution in [2.45, 2.75) is 13.1 Å². The molecule has 114 valence electrons. The number of hydrogen-bond acceptors (Lipinski definition) is 2. The van der Waals surface area contributed by atoms with Crippen LogP contribution in [0.2, 0.25) is 0 Å². The van der Waals surface area contributed by atoms with Crippen LogP contribution in [-0.2, 0) is 17.8 Å². The van der Waals surface area contributed by atoms with Crippen LogP contribution in [-0.4, -0.2) is 24.8 Å². The Kier molecular flexibility index (Phi) is 4.88. The molecule has 0 aliphatic rings. The molecule has 1 N–H and O–H groups in total. The van der Waals surface area contributed by atoms with Crippen LogP contribution in [0.3, 0.4) is 0 Å². The molecule has 22 heavy (non-hydrogen) atoms. The first kappa shape index (κ1) is 14.8. The van der Waals surface area contributed by atoms with Crippen molar-refractivity contribution in [2.24, 2.45) is 0 Å². The molecule has 0 saturated heterocycles. The zero-order chi connectivity index (χ0) is 15.2. The molecular weight excluding hydrogens is 272 g/mol. The molecule has 0 fully saturated rings. The Balaban J connectivity index is 1.76. The van der Waals surface area contributed by atoms with Crippen molar-refractivity contribution < 1.29 is 4.74 Å². The largest absolute Gasteiger partial charge is 0.383 e. The van der Waals surface area contributed by atoms with Crippen LogP contribution in [0.1, 0.15) is 11.1 Å². The van der Waals surface area contributed by atoms with Crippen molar-refractivity contribution in [3.8, 4) is 0 Å². The summed E-state index contributed by atoms with van der Waals surface area (Å²) in [6, 6.07) is 19.4. The zero-order valence-corrected chi connectivity index (χ0v) is 13.0. The topological polar surface area (TPSA) is 26.2 Å². The highest BCUT2D eigenvalue weighted by atomic mass is 16.5. The van der Waals surface area contributed by atoms with E-state index in [4.69, 9.17) is 4.74 Å². The molecule has 0 aliphatic carbocycles. The molecular formula is C19H22N2O. The number of ether oxygens (including phenoxy) is 1. The van der Waals surface area contributed by atoms with Gasteiger partial charge in [-0.05, 0) is 28.6 Å². The van der Waals surface area contributed by atoms with E-state index in [1.807, 2.05) is 0 Å². The van der Waals surface area contributed by atoms with E-state index in [2.05, 4.69) is 70.7 Å². The van der Waals surface area contributed by atoms with Gasteiger partial charge in [0.1, 0.15) is 0 Å². The van der Waals surface area contributed by atoms with Crippen LogP contribution in [0.25, 0.3) is 10.9 Å². The van der Waals surface area contributed by atoms with Crippen molar-refractivity contribution in [3.63, 3.8) is 0 Å². The van der Waals surface area contributed by atoms with E-state index in [9.17, 15) is 0 Å². The molecule has 1 heterocycles. The molecule has 3 aromatic rings. The van der Waals surface area contributed by atoms with E-state index in [0.29, 0.717) is 0 Å². The molecule has 1 aromatic heterocycles. The van der Waals surface area contributed by atoms with Gasteiger partial charge in [-0.2, -0.15) is 0 Å². The van der Waals surface area contributed by atoms with Crippen molar-refractivity contribution in [1.82, 2.24) is 9.88 Å². The highest BCUT2D eigenvalue weighted by Gasteiger charge is 2.03. The lowest BCUT2D eigenvalue weighted by Crippen LogP contribution is -2.18. The molecule has 3 rings (SSSR count). The second kappa shape index (κ2) is 7.25. The van der Waals surface area contributed by atoms with Gasteiger partial charge >= 0.3 is 0 Å². The summed E-state index contributed by atoms with van der Waals surface area (Å²) in [5.41, 5.74) is 3.91. The minimum atomic E-state index is 0.743. The number of methoxy groups -OCH3 is 1. The molecule has 0 amide bonds. The van der Waals surface area contributed by atoms with E-state index >= 15 is 0 Å². The van der Waals surface area contributed by atoms with Crippen LogP contribution in [0.5, 0.6) is 0 Å². The fraction of sp³-hybridized carbons (Fsp3) is 0.263. The summed E-state index contributed by atoms with van der Waals surface area (Å²) in [6.07, 6.45) is 2.17. The fourth-order valence-corrected chi connectivity index (χ4v) is 2.66. The molecule has 2 aromatic carbocycles.